The summed E-state index contributed by atoms with van der Waals surface area (Å²) in [4.78, 5) is 21.2. The van der Waals surface area contributed by atoms with Crippen LogP contribution >= 0.6 is 0 Å². The fourth-order valence-electron chi connectivity index (χ4n) is 13.3. The number of hydrogen-bond acceptors (Lipinski definition) is 4. The monoisotopic (exact) mass is 1050 g/mol. The van der Waals surface area contributed by atoms with Gasteiger partial charge in [-0.3, -0.25) is 9.13 Å². The van der Waals surface area contributed by atoms with E-state index in [2.05, 4.69) is 292 Å². The van der Waals surface area contributed by atoms with Gasteiger partial charge in [0.05, 0.1) is 44.5 Å². The lowest BCUT2D eigenvalue weighted by atomic mass is 9.80. The minimum atomic E-state index is -0.271. The number of aromatic nitrogens is 6. The zero-order chi connectivity index (χ0) is 54.8. The molecule has 0 atom stereocenters. The summed E-state index contributed by atoms with van der Waals surface area (Å²) in [7, 11) is 0. The van der Waals surface area contributed by atoms with Crippen LogP contribution in [0.5, 0.6) is 0 Å². The first kappa shape index (κ1) is 47.7. The minimum absolute atomic E-state index is 0.271. The van der Waals surface area contributed by atoms with Gasteiger partial charge in [-0.05, 0) is 152 Å². The molecule has 11 aromatic carbocycles. The topological polar surface area (TPSA) is 61.4 Å². The van der Waals surface area contributed by atoms with Crippen LogP contribution in [0.4, 0.5) is 0 Å². The van der Waals surface area contributed by atoms with Crippen LogP contribution < -0.4 is 0 Å². The van der Waals surface area contributed by atoms with E-state index in [0.717, 1.165) is 89.8 Å². The molecule has 0 fully saturated rings. The second kappa shape index (κ2) is 18.1. The van der Waals surface area contributed by atoms with E-state index in [9.17, 15) is 0 Å². The molecule has 0 unspecified atom stereocenters. The van der Waals surface area contributed by atoms with Crippen molar-refractivity contribution in [1.29, 1.82) is 0 Å². The third-order valence-corrected chi connectivity index (χ3v) is 17.6. The van der Waals surface area contributed by atoms with Crippen LogP contribution in [0.3, 0.4) is 0 Å². The van der Waals surface area contributed by atoms with E-state index in [1.165, 1.54) is 66.8 Å². The van der Waals surface area contributed by atoms with Crippen molar-refractivity contribution >= 4 is 33.1 Å². The average Bonchev–Trinajstić information content (AvgIpc) is 2.87. The summed E-state index contributed by atoms with van der Waals surface area (Å²) in [6.07, 6.45) is 0. The van der Waals surface area contributed by atoms with E-state index in [0.29, 0.717) is 0 Å². The molecule has 0 N–H and O–H groups in total. The molecule has 0 spiro atoms. The van der Waals surface area contributed by atoms with Crippen molar-refractivity contribution in [1.82, 2.24) is 29.1 Å². The van der Waals surface area contributed by atoms with Gasteiger partial charge in [0.1, 0.15) is 11.6 Å². The molecule has 6 nitrogen and oxygen atoms in total. The molecule has 0 amide bonds. The summed E-state index contributed by atoms with van der Waals surface area (Å²) in [5, 5.41) is 0. The number of nitrogens with zero attached hydrogens (tertiary/aromatic N) is 6. The first-order valence-corrected chi connectivity index (χ1v) is 28.3. The van der Waals surface area contributed by atoms with Crippen LogP contribution in [0, 0.1) is 0 Å². The minimum Gasteiger partial charge on any atom is -0.292 e. The van der Waals surface area contributed by atoms with Crippen molar-refractivity contribution in [2.75, 3.05) is 0 Å². The first-order valence-electron chi connectivity index (χ1n) is 28.3. The molecule has 6 heteroatoms. The Kier molecular flexibility index (Phi) is 10.5. The van der Waals surface area contributed by atoms with Gasteiger partial charge >= 0.3 is 0 Å². The molecule has 82 heavy (non-hydrogen) atoms. The number of para-hydroxylation sites is 8. The second-order valence-electron chi connectivity index (χ2n) is 23.0. The van der Waals surface area contributed by atoms with Gasteiger partial charge < -0.3 is 0 Å². The second-order valence-corrected chi connectivity index (χ2v) is 23.0. The molecule has 14 aromatic rings. The summed E-state index contributed by atoms with van der Waals surface area (Å²) in [6.45, 7) is 9.45. The fraction of sp³-hybridized carbons (Fsp3) is 0.0789. The van der Waals surface area contributed by atoms with Crippen LogP contribution in [0.1, 0.15) is 49.9 Å². The van der Waals surface area contributed by atoms with Gasteiger partial charge in [0, 0.05) is 44.5 Å². The quantitative estimate of drug-likeness (QED) is 0.152. The molecule has 0 saturated carbocycles. The van der Waals surface area contributed by atoms with E-state index in [1.54, 1.807) is 0 Å². The van der Waals surface area contributed by atoms with Crippen LogP contribution in [-0.4, -0.2) is 29.1 Å². The van der Waals surface area contributed by atoms with E-state index in [-0.39, 0.29) is 10.8 Å². The summed E-state index contributed by atoms with van der Waals surface area (Å²) in [5.41, 5.74) is 28.5. The lowest BCUT2D eigenvalue weighted by Gasteiger charge is -2.23. The summed E-state index contributed by atoms with van der Waals surface area (Å²) in [5.74, 6) is 1.86. The molecule has 2 aliphatic carbocycles. The van der Waals surface area contributed by atoms with Crippen molar-refractivity contribution < 1.29 is 0 Å². The highest BCUT2D eigenvalue weighted by Gasteiger charge is 2.38. The van der Waals surface area contributed by atoms with Crippen molar-refractivity contribution in [3.63, 3.8) is 0 Å². The molecule has 0 aliphatic heterocycles. The fourth-order valence-corrected chi connectivity index (χ4v) is 13.3. The van der Waals surface area contributed by atoms with E-state index in [1.807, 2.05) is 0 Å². The smallest absolute Gasteiger partial charge is 0.145 e. The largest absolute Gasteiger partial charge is 0.292 e. The summed E-state index contributed by atoms with van der Waals surface area (Å²) < 4.78 is 4.52. The molecular formula is C76H54N6. The number of benzene rings is 11. The van der Waals surface area contributed by atoms with Crippen LogP contribution in [0.15, 0.2) is 255 Å². The SMILES string of the molecule is CC1(C)c2cc(-c3ccc(-c4nc5ccccc5n4-c4ccccc4)cc3)ccc2-c2ccc(-c3nc4ccccc4nc3-c3ccc4c(c3)C(C)(C)c3cc(-c5ccc(-c6nc7ccccc7n6-c6ccccc6)cc5)ccc3-4)cc21. The molecule has 2 aliphatic rings. The predicted molar refractivity (Wildman–Crippen MR) is 337 cm³/mol. The van der Waals surface area contributed by atoms with Crippen molar-refractivity contribution in [3.8, 4) is 101 Å². The van der Waals surface area contributed by atoms with Gasteiger partial charge in [-0.2, -0.15) is 0 Å². The summed E-state index contributed by atoms with van der Waals surface area (Å²) >= 11 is 0. The summed E-state index contributed by atoms with van der Waals surface area (Å²) in [6, 6.07) is 91.6. The molecule has 0 bridgehead atoms. The molecule has 16 rings (SSSR count). The highest BCUT2D eigenvalue weighted by atomic mass is 15.1. The Balaban J connectivity index is 0.713. The lowest BCUT2D eigenvalue weighted by Crippen LogP contribution is -2.15. The van der Waals surface area contributed by atoms with Crippen molar-refractivity contribution in [2.45, 2.75) is 38.5 Å². The number of hydrogen-bond donors (Lipinski definition) is 0. The zero-order valence-corrected chi connectivity index (χ0v) is 45.9. The molecular weight excluding hydrogens is 997 g/mol. The first-order chi connectivity index (χ1) is 40.1. The number of rotatable bonds is 8. The van der Waals surface area contributed by atoms with E-state index < -0.39 is 0 Å². The molecule has 3 heterocycles. The number of imidazole rings is 2. The van der Waals surface area contributed by atoms with E-state index in [4.69, 9.17) is 19.9 Å². The lowest BCUT2D eigenvalue weighted by molar-refractivity contribution is 0.660. The van der Waals surface area contributed by atoms with Gasteiger partial charge in [0.25, 0.3) is 0 Å². The van der Waals surface area contributed by atoms with Crippen molar-refractivity contribution in [3.05, 3.63) is 277 Å². The molecule has 3 aromatic heterocycles. The Morgan fingerprint density at radius 3 is 0.927 bits per heavy atom. The van der Waals surface area contributed by atoms with Gasteiger partial charge in [0.2, 0.25) is 0 Å². The van der Waals surface area contributed by atoms with Crippen LogP contribution in [0.25, 0.3) is 134 Å². The third-order valence-electron chi connectivity index (χ3n) is 17.6. The van der Waals surface area contributed by atoms with Crippen molar-refractivity contribution in [2.24, 2.45) is 0 Å². The van der Waals surface area contributed by atoms with Gasteiger partial charge in [-0.25, -0.2) is 19.9 Å². The number of fused-ring (bicyclic) bond motifs is 9. The maximum atomic E-state index is 5.46. The molecule has 0 radical (unpaired) electrons. The highest BCUT2D eigenvalue weighted by Crippen LogP contribution is 2.53. The maximum Gasteiger partial charge on any atom is 0.145 e. The predicted octanol–water partition coefficient (Wildman–Crippen LogP) is 18.9. The Bertz CT molecular complexity index is 4580. The Morgan fingerprint density at radius 2 is 0.549 bits per heavy atom. The Labute approximate surface area is 476 Å². The Morgan fingerprint density at radius 1 is 0.256 bits per heavy atom. The zero-order valence-electron chi connectivity index (χ0n) is 45.9. The molecule has 0 saturated heterocycles. The highest BCUT2D eigenvalue weighted by molar-refractivity contribution is 5.93. The Hall–Kier alpha value is -10.3. The van der Waals surface area contributed by atoms with Gasteiger partial charge in [0.15, 0.2) is 0 Å². The van der Waals surface area contributed by atoms with Crippen LogP contribution in [-0.2, 0) is 10.8 Å². The standard InChI is InChI=1S/C76H54N6/c1-75(2)61-43-51(47-27-31-49(32-28-47)73-79-67-23-13-15-25-69(67)81(73)55-17-7-5-8-18-55)35-39-57(61)59-41-37-53(45-63(59)75)71-72(78-66-22-12-11-21-65(66)77-71)54-38-42-60-58-40-36-52(44-62(58)76(3,4)64(60)46-54)48-29-33-50(34-30-48)74-80-68-24-14-16-26-70(68)82(74)56-19-9-6-10-20-56/h5-46H,1-4H3. The van der Waals surface area contributed by atoms with Gasteiger partial charge in [-0.15, -0.1) is 0 Å². The average molecular weight is 1050 g/mol. The van der Waals surface area contributed by atoms with E-state index >= 15 is 0 Å². The van der Waals surface area contributed by atoms with Gasteiger partial charge in [-0.1, -0.05) is 198 Å². The normalized spacial score (nSPS) is 13.6. The third kappa shape index (κ3) is 7.41. The van der Waals surface area contributed by atoms with Crippen LogP contribution in [0.2, 0.25) is 0 Å². The molecule has 388 valence electrons. The maximum absolute atomic E-state index is 5.46.